The molecule has 0 bridgehead atoms. The van der Waals surface area contributed by atoms with Crippen LogP contribution in [0, 0.1) is 0 Å². The summed E-state index contributed by atoms with van der Waals surface area (Å²) < 4.78 is 5.15. The summed E-state index contributed by atoms with van der Waals surface area (Å²) in [7, 11) is 1.63. The molecule has 24 heavy (non-hydrogen) atoms. The van der Waals surface area contributed by atoms with Crippen molar-refractivity contribution < 1.29 is 19.1 Å². The maximum absolute atomic E-state index is 12.3. The van der Waals surface area contributed by atoms with Crippen molar-refractivity contribution in [3.8, 4) is 5.75 Å². The van der Waals surface area contributed by atoms with Gasteiger partial charge in [0, 0.05) is 13.1 Å². The van der Waals surface area contributed by atoms with E-state index in [9.17, 15) is 14.4 Å². The van der Waals surface area contributed by atoms with Crippen LogP contribution in [0.2, 0.25) is 0 Å². The van der Waals surface area contributed by atoms with Gasteiger partial charge in [0.15, 0.2) is 0 Å². The molecule has 2 aliphatic heterocycles. The zero-order valence-corrected chi connectivity index (χ0v) is 13.4. The number of carbonyl (C=O) groups excluding carboxylic acids is 3. The number of rotatable bonds is 4. The van der Waals surface area contributed by atoms with Crippen LogP contribution >= 0.6 is 0 Å². The van der Waals surface area contributed by atoms with Crippen LogP contribution in [0.15, 0.2) is 30.3 Å². The topological polar surface area (TPSA) is 87.7 Å². The predicted octanol–water partition coefficient (Wildman–Crippen LogP) is 0.909. The molecule has 126 valence electrons. The van der Waals surface area contributed by atoms with Gasteiger partial charge in [0.1, 0.15) is 11.8 Å². The summed E-state index contributed by atoms with van der Waals surface area (Å²) >= 11 is 0. The first-order chi connectivity index (χ1) is 11.6. The minimum atomic E-state index is -0.767. The number of benzene rings is 1. The lowest BCUT2D eigenvalue weighted by Crippen LogP contribution is -2.40. The first-order valence-corrected chi connectivity index (χ1v) is 7.79. The van der Waals surface area contributed by atoms with Crippen LogP contribution in [0.5, 0.6) is 5.75 Å². The molecule has 0 aromatic heterocycles. The molecule has 2 N–H and O–H groups in total. The fraction of sp³-hybridized carbons (Fsp3) is 0.353. The molecular formula is C17H19N3O4. The minimum Gasteiger partial charge on any atom is -0.497 e. The van der Waals surface area contributed by atoms with E-state index in [1.807, 2.05) is 30.3 Å². The van der Waals surface area contributed by atoms with Gasteiger partial charge in [-0.1, -0.05) is 18.2 Å². The highest BCUT2D eigenvalue weighted by molar-refractivity contribution is 6.05. The van der Waals surface area contributed by atoms with E-state index in [-0.39, 0.29) is 12.3 Å². The normalized spacial score (nSPS) is 20.3. The summed E-state index contributed by atoms with van der Waals surface area (Å²) in [5, 5.41) is 4.58. The van der Waals surface area contributed by atoms with E-state index in [1.165, 1.54) is 5.57 Å². The van der Waals surface area contributed by atoms with Gasteiger partial charge in [-0.05, 0) is 29.7 Å². The second-order valence-electron chi connectivity index (χ2n) is 5.77. The molecule has 0 radical (unpaired) electrons. The van der Waals surface area contributed by atoms with E-state index in [0.717, 1.165) is 17.7 Å². The quantitative estimate of drug-likeness (QED) is 0.804. The Hall–Kier alpha value is -2.83. The van der Waals surface area contributed by atoms with Gasteiger partial charge >= 0.3 is 6.03 Å². The van der Waals surface area contributed by atoms with E-state index < -0.39 is 18.0 Å². The third-order valence-electron chi connectivity index (χ3n) is 4.26. The van der Waals surface area contributed by atoms with E-state index >= 15 is 0 Å². The lowest BCUT2D eigenvalue weighted by molar-refractivity contribution is -0.133. The third kappa shape index (κ3) is 3.40. The first kappa shape index (κ1) is 16.0. The molecule has 1 aromatic rings. The van der Waals surface area contributed by atoms with Crippen LogP contribution in [0.1, 0.15) is 18.4 Å². The number of amides is 4. The molecule has 1 atom stereocenters. The molecule has 1 fully saturated rings. The van der Waals surface area contributed by atoms with Gasteiger partial charge in [-0.25, -0.2) is 4.79 Å². The van der Waals surface area contributed by atoms with Gasteiger partial charge < -0.3 is 15.0 Å². The lowest BCUT2D eigenvalue weighted by Gasteiger charge is -2.27. The maximum Gasteiger partial charge on any atom is 0.322 e. The van der Waals surface area contributed by atoms with Crippen molar-refractivity contribution in [2.24, 2.45) is 0 Å². The Morgan fingerprint density at radius 1 is 1.29 bits per heavy atom. The fourth-order valence-corrected chi connectivity index (χ4v) is 2.87. The fourth-order valence-electron chi connectivity index (χ4n) is 2.87. The van der Waals surface area contributed by atoms with Crippen LogP contribution in [0.4, 0.5) is 4.79 Å². The smallest absolute Gasteiger partial charge is 0.322 e. The van der Waals surface area contributed by atoms with Crippen molar-refractivity contribution >= 4 is 23.4 Å². The van der Waals surface area contributed by atoms with Crippen molar-refractivity contribution in [2.45, 2.75) is 18.9 Å². The Kier molecular flexibility index (Phi) is 4.50. The second-order valence-corrected chi connectivity index (χ2v) is 5.77. The van der Waals surface area contributed by atoms with Crippen LogP contribution in [0.25, 0.3) is 5.57 Å². The number of nitrogens with zero attached hydrogens (tertiary/aromatic N) is 1. The Bertz CT molecular complexity index is 696. The molecule has 2 aliphatic rings. The Morgan fingerprint density at radius 2 is 2.04 bits per heavy atom. The van der Waals surface area contributed by atoms with Gasteiger partial charge in [0.25, 0.3) is 5.91 Å². The number of methoxy groups -OCH3 is 1. The highest BCUT2D eigenvalue weighted by atomic mass is 16.5. The summed E-state index contributed by atoms with van der Waals surface area (Å²) in [6.45, 7) is 1.10. The summed E-state index contributed by atoms with van der Waals surface area (Å²) in [5.74, 6) is 0.228. The maximum atomic E-state index is 12.3. The lowest BCUT2D eigenvalue weighted by atomic mass is 9.99. The standard InChI is InChI=1S/C17H19N3O4/c1-24-13-4-2-11(3-5-13)12-6-8-20(9-7-12)15(21)10-14-16(22)19-17(23)18-14/h2-6,14H,7-10H2,1H3,(H2,18,19,22,23). The van der Waals surface area contributed by atoms with E-state index in [0.29, 0.717) is 13.1 Å². The predicted molar refractivity (Wildman–Crippen MR) is 87.2 cm³/mol. The zero-order chi connectivity index (χ0) is 17.1. The number of carbonyl (C=O) groups is 3. The van der Waals surface area contributed by atoms with Gasteiger partial charge in [0.05, 0.1) is 13.5 Å². The molecule has 4 amide bonds. The van der Waals surface area contributed by atoms with Crippen LogP contribution in [-0.2, 0) is 9.59 Å². The van der Waals surface area contributed by atoms with Crippen molar-refractivity contribution in [1.82, 2.24) is 15.5 Å². The molecule has 0 saturated carbocycles. The summed E-state index contributed by atoms with van der Waals surface area (Å²) in [5.41, 5.74) is 2.30. The Morgan fingerprint density at radius 3 is 2.58 bits per heavy atom. The minimum absolute atomic E-state index is 0.0106. The van der Waals surface area contributed by atoms with Crippen molar-refractivity contribution in [2.75, 3.05) is 20.2 Å². The third-order valence-corrected chi connectivity index (χ3v) is 4.26. The summed E-state index contributed by atoms with van der Waals surface area (Å²) in [4.78, 5) is 36.6. The van der Waals surface area contributed by atoms with Crippen molar-refractivity contribution in [3.05, 3.63) is 35.9 Å². The molecule has 3 rings (SSSR count). The molecular weight excluding hydrogens is 310 g/mol. The monoisotopic (exact) mass is 329 g/mol. The van der Waals surface area contributed by atoms with Crippen molar-refractivity contribution in [1.29, 1.82) is 0 Å². The molecule has 1 unspecified atom stereocenters. The molecule has 7 heteroatoms. The zero-order valence-electron chi connectivity index (χ0n) is 13.4. The summed E-state index contributed by atoms with van der Waals surface area (Å²) in [6, 6.07) is 6.51. The SMILES string of the molecule is COc1ccc(C2=CCN(C(=O)CC3NC(=O)NC3=O)CC2)cc1. The number of hydrogen-bond donors (Lipinski definition) is 2. The number of hydrogen-bond acceptors (Lipinski definition) is 4. The van der Waals surface area contributed by atoms with Gasteiger partial charge in [-0.2, -0.15) is 0 Å². The highest BCUT2D eigenvalue weighted by Crippen LogP contribution is 2.24. The molecule has 1 saturated heterocycles. The van der Waals surface area contributed by atoms with Crippen LogP contribution < -0.4 is 15.4 Å². The van der Waals surface area contributed by atoms with Gasteiger partial charge in [-0.15, -0.1) is 0 Å². The van der Waals surface area contributed by atoms with E-state index in [4.69, 9.17) is 4.74 Å². The molecule has 2 heterocycles. The number of imide groups is 1. The van der Waals surface area contributed by atoms with E-state index in [2.05, 4.69) is 10.6 Å². The largest absolute Gasteiger partial charge is 0.497 e. The van der Waals surface area contributed by atoms with Crippen molar-refractivity contribution in [3.63, 3.8) is 0 Å². The summed E-state index contributed by atoms with van der Waals surface area (Å²) in [6.07, 6.45) is 2.76. The molecule has 0 spiro atoms. The second kappa shape index (κ2) is 6.74. The average molecular weight is 329 g/mol. The Labute approximate surface area is 139 Å². The van der Waals surface area contributed by atoms with Gasteiger partial charge in [0.2, 0.25) is 5.91 Å². The first-order valence-electron chi connectivity index (χ1n) is 7.79. The van der Waals surface area contributed by atoms with E-state index in [1.54, 1.807) is 12.0 Å². The number of ether oxygens (including phenoxy) is 1. The molecule has 7 nitrogen and oxygen atoms in total. The van der Waals surface area contributed by atoms with Gasteiger partial charge in [-0.3, -0.25) is 14.9 Å². The highest BCUT2D eigenvalue weighted by Gasteiger charge is 2.32. The number of urea groups is 1. The Balaban J connectivity index is 1.58. The molecule has 1 aromatic carbocycles. The molecule has 0 aliphatic carbocycles. The average Bonchev–Trinajstić information content (AvgIpc) is 2.92. The number of nitrogens with one attached hydrogen (secondary N) is 2. The van der Waals surface area contributed by atoms with Crippen LogP contribution in [-0.4, -0.2) is 49.0 Å². The van der Waals surface area contributed by atoms with Crippen LogP contribution in [0.3, 0.4) is 0 Å².